The summed E-state index contributed by atoms with van der Waals surface area (Å²) in [5.41, 5.74) is 0.941. The van der Waals surface area contributed by atoms with Gasteiger partial charge in [0.15, 0.2) is 15.6 Å². The van der Waals surface area contributed by atoms with Gasteiger partial charge in [0, 0.05) is 48.6 Å². The predicted molar refractivity (Wildman–Crippen MR) is 162 cm³/mol. The number of fused-ring (bicyclic) bond motifs is 1. The maximum Gasteiger partial charge on any atom is 0.573 e. The van der Waals surface area contributed by atoms with E-state index in [1.54, 1.807) is 18.2 Å². The minimum Gasteiger partial charge on any atom is -0.404 e. The first-order valence-corrected chi connectivity index (χ1v) is 16.7. The van der Waals surface area contributed by atoms with Crippen LogP contribution in [0.15, 0.2) is 47.4 Å². The van der Waals surface area contributed by atoms with E-state index in [2.05, 4.69) is 32.1 Å². The highest BCUT2D eigenvalue weighted by Gasteiger charge is 2.33. The lowest BCUT2D eigenvalue weighted by molar-refractivity contribution is -0.274. The Labute approximate surface area is 262 Å². The normalized spacial score (nSPS) is 19.8. The smallest absolute Gasteiger partial charge is 0.404 e. The number of benzene rings is 2. The van der Waals surface area contributed by atoms with Crippen LogP contribution in [-0.2, 0) is 21.1 Å². The monoisotopic (exact) mass is 672 g/mol. The lowest BCUT2D eigenvalue weighted by Gasteiger charge is -2.39. The summed E-state index contributed by atoms with van der Waals surface area (Å²) in [4.78, 5) is 2.08. The third-order valence-corrected chi connectivity index (χ3v) is 9.20. The van der Waals surface area contributed by atoms with Gasteiger partial charge in [0.25, 0.3) is 0 Å². The lowest BCUT2D eigenvalue weighted by atomic mass is 9.89. The van der Waals surface area contributed by atoms with Gasteiger partial charge >= 0.3 is 12.5 Å². The number of aromatic nitrogens is 1. The molecule has 0 spiro atoms. The van der Waals surface area contributed by atoms with Crippen molar-refractivity contribution in [1.82, 2.24) is 9.47 Å². The average Bonchev–Trinajstić information content (AvgIpc) is 3.32. The van der Waals surface area contributed by atoms with E-state index < -0.39 is 34.7 Å². The first kappa shape index (κ1) is 33.7. The molecule has 2 aliphatic rings. The third-order valence-electron chi connectivity index (χ3n) is 8.09. The highest BCUT2D eigenvalue weighted by atomic mass is 32.2. The van der Waals surface area contributed by atoms with Crippen LogP contribution in [0.5, 0.6) is 5.75 Å². The number of alkyl halides is 6. The Bertz CT molecular complexity index is 1700. The van der Waals surface area contributed by atoms with Crippen molar-refractivity contribution in [2.75, 3.05) is 49.7 Å². The molecule has 1 aliphatic carbocycles. The van der Waals surface area contributed by atoms with Crippen LogP contribution < -0.4 is 15.4 Å². The topological polar surface area (TPSA) is 84.8 Å². The van der Waals surface area contributed by atoms with Gasteiger partial charge in [0.05, 0.1) is 41.6 Å². The van der Waals surface area contributed by atoms with Crippen LogP contribution in [0.25, 0.3) is 10.9 Å². The molecule has 2 N–H and O–H groups in total. The van der Waals surface area contributed by atoms with E-state index in [9.17, 15) is 34.8 Å². The van der Waals surface area contributed by atoms with Crippen molar-refractivity contribution < 1.29 is 44.2 Å². The zero-order valence-electron chi connectivity index (χ0n) is 25.0. The fourth-order valence-corrected chi connectivity index (χ4v) is 6.61. The fraction of sp³-hybridized carbons (Fsp3) is 0.484. The number of nitrogens with zero attached hydrogens (tertiary/aromatic N) is 2. The van der Waals surface area contributed by atoms with Gasteiger partial charge in [-0.05, 0) is 61.9 Å². The summed E-state index contributed by atoms with van der Waals surface area (Å²) < 4.78 is 114. The van der Waals surface area contributed by atoms with E-state index in [1.165, 1.54) is 0 Å². The Hall–Kier alpha value is -3.61. The van der Waals surface area contributed by atoms with Crippen LogP contribution in [0.2, 0.25) is 0 Å². The van der Waals surface area contributed by atoms with Gasteiger partial charge < -0.3 is 24.7 Å². The molecule has 0 atom stereocenters. The summed E-state index contributed by atoms with van der Waals surface area (Å²) >= 11 is 0. The van der Waals surface area contributed by atoms with Crippen molar-refractivity contribution >= 4 is 32.1 Å². The molecule has 1 aliphatic heterocycles. The second-order valence-corrected chi connectivity index (χ2v) is 13.4. The van der Waals surface area contributed by atoms with Crippen molar-refractivity contribution in [3.8, 4) is 17.6 Å². The Morgan fingerprint density at radius 1 is 0.978 bits per heavy atom. The Balaban J connectivity index is 1.34. The van der Waals surface area contributed by atoms with E-state index in [1.807, 2.05) is 6.07 Å². The van der Waals surface area contributed by atoms with Crippen molar-refractivity contribution in [2.45, 2.75) is 61.7 Å². The summed E-state index contributed by atoms with van der Waals surface area (Å²) in [6, 6.07) is 10.3. The van der Waals surface area contributed by atoms with E-state index in [0.717, 1.165) is 81.0 Å². The van der Waals surface area contributed by atoms with Crippen LogP contribution in [0, 0.1) is 11.8 Å². The van der Waals surface area contributed by atoms with Crippen molar-refractivity contribution in [3.63, 3.8) is 0 Å². The molecule has 2 aromatic carbocycles. The Morgan fingerprint density at radius 2 is 1.70 bits per heavy atom. The molecule has 2 fully saturated rings. The summed E-state index contributed by atoms with van der Waals surface area (Å²) in [5.74, 6) is 4.61. The zero-order valence-corrected chi connectivity index (χ0v) is 25.8. The van der Waals surface area contributed by atoms with E-state index in [0.29, 0.717) is 22.6 Å². The summed E-state index contributed by atoms with van der Waals surface area (Å²) in [6.07, 6.45) is -4.91. The van der Waals surface area contributed by atoms with Gasteiger partial charge in [-0.25, -0.2) is 8.42 Å². The number of rotatable bonds is 8. The fourth-order valence-electron chi connectivity index (χ4n) is 5.97. The molecule has 1 saturated carbocycles. The highest BCUT2D eigenvalue weighted by molar-refractivity contribution is 7.90. The predicted octanol–water partition coefficient (Wildman–Crippen LogP) is 6.02. The molecule has 2 heterocycles. The number of hydrogen-bond donors (Lipinski definition) is 2. The van der Waals surface area contributed by atoms with Crippen LogP contribution in [-0.4, -0.2) is 81.6 Å². The second kappa shape index (κ2) is 13.6. The van der Waals surface area contributed by atoms with Gasteiger partial charge in [-0.15, -0.1) is 13.2 Å². The number of anilines is 2. The quantitative estimate of drug-likeness (QED) is 0.224. The molecule has 8 nitrogen and oxygen atoms in total. The number of nitrogens with one attached hydrogen (secondary N) is 2. The van der Waals surface area contributed by atoms with Crippen LogP contribution >= 0.6 is 0 Å². The van der Waals surface area contributed by atoms with Gasteiger partial charge in [-0.1, -0.05) is 12.0 Å². The Kier molecular flexibility index (Phi) is 10.00. The van der Waals surface area contributed by atoms with Crippen LogP contribution in [0.3, 0.4) is 0 Å². The minimum absolute atomic E-state index is 0.0820. The standard InChI is InChI=1S/C31H34F6N4O4S/c1-46(42,43)24-11-12-27(29(19-24)45-31(35,36)37)38-13-3-4-23-18-25-26(5-2-6-28(25)41(23)20-30(32,33)34)39-21-7-9-22(10-8-21)40-14-16-44-17-15-40/h2,5-6,11-12,18-19,21-22,38-39H,7-10,13-17,20H2,1H3. The maximum absolute atomic E-state index is 13.6. The van der Waals surface area contributed by atoms with Crippen molar-refractivity contribution in [2.24, 2.45) is 0 Å². The number of ether oxygens (including phenoxy) is 2. The average molecular weight is 673 g/mol. The highest BCUT2D eigenvalue weighted by Crippen LogP contribution is 2.34. The minimum atomic E-state index is -5.09. The molecule has 5 rings (SSSR count). The summed E-state index contributed by atoms with van der Waals surface area (Å²) in [5, 5.41) is 6.74. The SMILES string of the molecule is CS(=O)(=O)c1ccc(NCC#Cc2cc3c(NC4CCC(N5CCOCC5)CC4)cccc3n2CC(F)(F)F)c(OC(F)(F)F)c1. The number of morpholine rings is 1. The van der Waals surface area contributed by atoms with Gasteiger partial charge in [0.2, 0.25) is 0 Å². The molecule has 250 valence electrons. The lowest BCUT2D eigenvalue weighted by Crippen LogP contribution is -2.46. The molecule has 3 aromatic rings. The van der Waals surface area contributed by atoms with Crippen molar-refractivity contribution in [3.05, 3.63) is 48.2 Å². The van der Waals surface area contributed by atoms with Gasteiger partial charge in [-0.2, -0.15) is 13.2 Å². The van der Waals surface area contributed by atoms with E-state index in [4.69, 9.17) is 4.74 Å². The number of sulfone groups is 1. The second-order valence-electron chi connectivity index (χ2n) is 11.4. The van der Waals surface area contributed by atoms with Crippen molar-refractivity contribution in [1.29, 1.82) is 0 Å². The molecule has 0 amide bonds. The maximum atomic E-state index is 13.6. The molecular weight excluding hydrogens is 638 g/mol. The van der Waals surface area contributed by atoms with E-state index in [-0.39, 0.29) is 28.9 Å². The number of hydrogen-bond acceptors (Lipinski definition) is 7. The zero-order chi connectivity index (χ0) is 33.1. The molecule has 1 saturated heterocycles. The first-order valence-electron chi connectivity index (χ1n) is 14.8. The molecule has 0 bridgehead atoms. The summed E-state index contributed by atoms with van der Waals surface area (Å²) in [7, 11) is -3.82. The van der Waals surface area contributed by atoms with Gasteiger partial charge in [-0.3, -0.25) is 4.90 Å². The summed E-state index contributed by atoms with van der Waals surface area (Å²) in [6.45, 7) is 1.78. The molecule has 1 aromatic heterocycles. The molecule has 0 radical (unpaired) electrons. The van der Waals surface area contributed by atoms with E-state index >= 15 is 0 Å². The molecule has 0 unspecified atom stereocenters. The third kappa shape index (κ3) is 8.80. The largest absolute Gasteiger partial charge is 0.573 e. The number of halogens is 6. The molecular formula is C31H34F6N4O4S. The first-order chi connectivity index (χ1) is 21.7. The Morgan fingerprint density at radius 3 is 2.35 bits per heavy atom. The molecule has 15 heteroatoms. The molecule has 46 heavy (non-hydrogen) atoms. The van der Waals surface area contributed by atoms with Gasteiger partial charge in [0.1, 0.15) is 6.54 Å². The van der Waals surface area contributed by atoms with Crippen LogP contribution in [0.1, 0.15) is 31.4 Å². The van der Waals surface area contributed by atoms with Crippen LogP contribution in [0.4, 0.5) is 37.7 Å².